The molecular weight excluding hydrogens is 340 g/mol. The molecule has 0 aromatic rings. The van der Waals surface area contributed by atoms with Crippen molar-refractivity contribution in [3.63, 3.8) is 0 Å². The summed E-state index contributed by atoms with van der Waals surface area (Å²) >= 11 is 0. The minimum atomic E-state index is -0.414. The summed E-state index contributed by atoms with van der Waals surface area (Å²) in [6.07, 6.45) is 31.1. The maximum Gasteiger partial charge on any atom is 0.0619 e. The fraction of sp³-hybridized carbons (Fsp3) is 1.00. The number of unbranched alkanes of at least 4 members (excludes halogenated alkanes) is 19. The highest BCUT2D eigenvalue weighted by Gasteiger charge is 2.18. The smallest absolute Gasteiger partial charge is 0.0619 e. The predicted molar refractivity (Wildman–Crippen MR) is 128 cm³/mol. The summed E-state index contributed by atoms with van der Waals surface area (Å²) in [5.74, 6) is 0. The fourth-order valence-corrected chi connectivity index (χ4v) is 4.29. The molecule has 0 amide bonds. The van der Waals surface area contributed by atoms with E-state index in [0.29, 0.717) is 0 Å². The van der Waals surface area contributed by atoms with Crippen molar-refractivity contribution in [2.45, 2.75) is 174 Å². The average Bonchev–Trinajstić information content (AvgIpc) is 2.67. The molecule has 0 saturated carbocycles. The molecule has 1 nitrogen and oxygen atoms in total. The van der Waals surface area contributed by atoms with Crippen LogP contribution in [0, 0.1) is 0 Å². The minimum Gasteiger partial charge on any atom is -0.390 e. The van der Waals surface area contributed by atoms with Gasteiger partial charge in [-0.1, -0.05) is 149 Å². The third kappa shape index (κ3) is 22.3. The predicted octanol–water partition coefficient (Wildman–Crippen LogP) is 9.75. The van der Waals surface area contributed by atoms with Crippen LogP contribution in [0.25, 0.3) is 0 Å². The summed E-state index contributed by atoms with van der Waals surface area (Å²) in [7, 11) is 0. The lowest BCUT2D eigenvalue weighted by atomic mass is 9.91. The molecule has 1 N–H and O–H groups in total. The fourth-order valence-electron chi connectivity index (χ4n) is 4.29. The van der Waals surface area contributed by atoms with Crippen LogP contribution in [0.1, 0.15) is 168 Å². The van der Waals surface area contributed by atoms with Gasteiger partial charge in [-0.25, -0.2) is 0 Å². The van der Waals surface area contributed by atoms with Crippen molar-refractivity contribution >= 4 is 0 Å². The molecule has 0 aliphatic rings. The second-order valence-corrected chi connectivity index (χ2v) is 9.71. The van der Waals surface area contributed by atoms with Gasteiger partial charge in [0.1, 0.15) is 0 Å². The quantitative estimate of drug-likeness (QED) is 0.170. The van der Waals surface area contributed by atoms with Crippen LogP contribution in [-0.2, 0) is 0 Å². The summed E-state index contributed by atoms with van der Waals surface area (Å²) < 4.78 is 0. The summed E-state index contributed by atoms with van der Waals surface area (Å²) in [4.78, 5) is 0. The van der Waals surface area contributed by atoms with Gasteiger partial charge >= 0.3 is 0 Å². The first-order chi connectivity index (χ1) is 13.6. The van der Waals surface area contributed by atoms with Crippen LogP contribution in [0.4, 0.5) is 0 Å². The van der Waals surface area contributed by atoms with Gasteiger partial charge in [-0.05, 0) is 19.8 Å². The normalized spacial score (nSPS) is 13.7. The van der Waals surface area contributed by atoms with Gasteiger partial charge in [-0.15, -0.1) is 0 Å². The zero-order chi connectivity index (χ0) is 20.8. The molecule has 0 heterocycles. The highest BCUT2D eigenvalue weighted by Crippen LogP contribution is 2.22. The van der Waals surface area contributed by atoms with E-state index in [-0.39, 0.29) is 0 Å². The Morgan fingerprint density at radius 1 is 0.393 bits per heavy atom. The zero-order valence-corrected chi connectivity index (χ0v) is 20.2. The maximum atomic E-state index is 10.5. The molecular formula is C27H56O. The SMILES string of the molecule is CCCCCCCCCCCCCCCCCCC(C)(O)CCCCCCC. The molecule has 0 radical (unpaired) electrons. The second-order valence-electron chi connectivity index (χ2n) is 9.71. The lowest BCUT2D eigenvalue weighted by Crippen LogP contribution is -2.23. The summed E-state index contributed by atoms with van der Waals surface area (Å²) in [5.41, 5.74) is -0.414. The van der Waals surface area contributed by atoms with Gasteiger partial charge in [0.25, 0.3) is 0 Å². The van der Waals surface area contributed by atoms with E-state index in [1.807, 2.05) is 0 Å². The van der Waals surface area contributed by atoms with Crippen LogP contribution in [0.5, 0.6) is 0 Å². The van der Waals surface area contributed by atoms with Gasteiger partial charge in [-0.3, -0.25) is 0 Å². The van der Waals surface area contributed by atoms with Crippen molar-refractivity contribution < 1.29 is 5.11 Å². The molecule has 0 aromatic heterocycles. The molecule has 0 saturated heterocycles. The highest BCUT2D eigenvalue weighted by atomic mass is 16.3. The summed E-state index contributed by atoms with van der Waals surface area (Å²) in [6.45, 7) is 6.60. The van der Waals surface area contributed by atoms with E-state index in [2.05, 4.69) is 20.8 Å². The Morgan fingerprint density at radius 3 is 0.857 bits per heavy atom. The molecule has 0 aromatic carbocycles. The van der Waals surface area contributed by atoms with Gasteiger partial charge in [0.15, 0.2) is 0 Å². The number of rotatable bonds is 23. The summed E-state index contributed by atoms with van der Waals surface area (Å²) in [6, 6.07) is 0. The summed E-state index contributed by atoms with van der Waals surface area (Å²) in [5, 5.41) is 10.5. The minimum absolute atomic E-state index is 0.414. The van der Waals surface area contributed by atoms with Crippen molar-refractivity contribution in [2.24, 2.45) is 0 Å². The zero-order valence-electron chi connectivity index (χ0n) is 20.2. The van der Waals surface area contributed by atoms with Crippen LogP contribution >= 0.6 is 0 Å². The number of hydrogen-bond donors (Lipinski definition) is 1. The molecule has 1 atom stereocenters. The van der Waals surface area contributed by atoms with Gasteiger partial charge < -0.3 is 5.11 Å². The van der Waals surface area contributed by atoms with E-state index in [9.17, 15) is 5.11 Å². The monoisotopic (exact) mass is 396 g/mol. The van der Waals surface area contributed by atoms with Crippen molar-refractivity contribution in [1.29, 1.82) is 0 Å². The van der Waals surface area contributed by atoms with E-state index in [1.54, 1.807) is 0 Å². The lowest BCUT2D eigenvalue weighted by molar-refractivity contribution is 0.0366. The van der Waals surface area contributed by atoms with Gasteiger partial charge in [0, 0.05) is 0 Å². The van der Waals surface area contributed by atoms with E-state index in [0.717, 1.165) is 12.8 Å². The van der Waals surface area contributed by atoms with E-state index >= 15 is 0 Å². The van der Waals surface area contributed by atoms with Crippen molar-refractivity contribution in [2.75, 3.05) is 0 Å². The Morgan fingerprint density at radius 2 is 0.607 bits per heavy atom. The maximum absolute atomic E-state index is 10.5. The Labute approximate surface area is 179 Å². The number of aliphatic hydroxyl groups is 1. The first-order valence-corrected chi connectivity index (χ1v) is 13.3. The molecule has 170 valence electrons. The topological polar surface area (TPSA) is 20.2 Å². The molecule has 1 heteroatoms. The Kier molecular flexibility index (Phi) is 21.6. The Bertz CT molecular complexity index is 284. The van der Waals surface area contributed by atoms with E-state index < -0.39 is 5.60 Å². The van der Waals surface area contributed by atoms with Crippen LogP contribution < -0.4 is 0 Å². The molecule has 0 bridgehead atoms. The molecule has 0 aliphatic heterocycles. The van der Waals surface area contributed by atoms with Gasteiger partial charge in [0.2, 0.25) is 0 Å². The second kappa shape index (κ2) is 21.7. The van der Waals surface area contributed by atoms with Crippen molar-refractivity contribution in [1.82, 2.24) is 0 Å². The Balaban J connectivity index is 3.22. The Hall–Kier alpha value is -0.0400. The largest absolute Gasteiger partial charge is 0.390 e. The molecule has 0 fully saturated rings. The highest BCUT2D eigenvalue weighted by molar-refractivity contribution is 4.72. The molecule has 28 heavy (non-hydrogen) atoms. The third-order valence-corrected chi connectivity index (χ3v) is 6.39. The van der Waals surface area contributed by atoms with Crippen LogP contribution in [0.3, 0.4) is 0 Å². The van der Waals surface area contributed by atoms with Crippen molar-refractivity contribution in [3.8, 4) is 0 Å². The van der Waals surface area contributed by atoms with E-state index in [4.69, 9.17) is 0 Å². The van der Waals surface area contributed by atoms with Gasteiger partial charge in [0.05, 0.1) is 5.60 Å². The molecule has 0 rings (SSSR count). The molecule has 0 spiro atoms. The third-order valence-electron chi connectivity index (χ3n) is 6.39. The van der Waals surface area contributed by atoms with Crippen LogP contribution in [0.2, 0.25) is 0 Å². The van der Waals surface area contributed by atoms with Gasteiger partial charge in [-0.2, -0.15) is 0 Å². The first-order valence-electron chi connectivity index (χ1n) is 13.3. The average molecular weight is 397 g/mol. The lowest BCUT2D eigenvalue weighted by Gasteiger charge is -2.23. The standard InChI is InChI=1S/C27H56O/c1-4-6-8-10-11-12-13-14-15-16-17-18-19-20-22-24-26-27(3,28)25-23-21-9-7-5-2/h28H,4-26H2,1-3H3. The number of hydrogen-bond acceptors (Lipinski definition) is 1. The van der Waals surface area contributed by atoms with E-state index in [1.165, 1.54) is 135 Å². The first kappa shape index (κ1) is 28.0. The molecule has 1 unspecified atom stereocenters. The van der Waals surface area contributed by atoms with Crippen LogP contribution in [0.15, 0.2) is 0 Å². The molecule has 0 aliphatic carbocycles. The van der Waals surface area contributed by atoms with Crippen molar-refractivity contribution in [3.05, 3.63) is 0 Å². The van der Waals surface area contributed by atoms with Crippen LogP contribution in [-0.4, -0.2) is 10.7 Å².